The molecule has 0 saturated carbocycles. The molecule has 0 unspecified atom stereocenters. The number of hydrogen-bond donors (Lipinski definition) is 3. The number of benzene rings is 1. The highest BCUT2D eigenvalue weighted by molar-refractivity contribution is 5.56. The summed E-state index contributed by atoms with van der Waals surface area (Å²) in [5, 5.41) is 20.3. The third kappa shape index (κ3) is 3.24. The van der Waals surface area contributed by atoms with E-state index in [1.807, 2.05) is 24.3 Å². The van der Waals surface area contributed by atoms with Crippen LogP contribution in [0.5, 0.6) is 5.75 Å². The molecule has 1 rings (SSSR count). The summed E-state index contributed by atoms with van der Waals surface area (Å²) in [6.07, 6.45) is 0. The normalized spacial score (nSPS) is 9.86. The first-order chi connectivity index (χ1) is 6.88. The zero-order chi connectivity index (χ0) is 10.2. The van der Waals surface area contributed by atoms with Crippen molar-refractivity contribution < 1.29 is 14.9 Å². The van der Waals surface area contributed by atoms with E-state index in [0.717, 1.165) is 5.69 Å². The molecule has 4 nitrogen and oxygen atoms in total. The van der Waals surface area contributed by atoms with Gasteiger partial charge in [0.05, 0.1) is 18.9 Å². The van der Waals surface area contributed by atoms with E-state index in [1.54, 1.807) is 0 Å². The summed E-state index contributed by atoms with van der Waals surface area (Å²) in [5.74, 6) is 0.690. The van der Waals surface area contributed by atoms with Gasteiger partial charge in [0.2, 0.25) is 0 Å². The second-order valence-corrected chi connectivity index (χ2v) is 2.72. The summed E-state index contributed by atoms with van der Waals surface area (Å²) in [6.45, 7) is 0.833. The number of aliphatic hydroxyl groups excluding tert-OH is 2. The molecule has 1 aromatic carbocycles. The van der Waals surface area contributed by atoms with Gasteiger partial charge < -0.3 is 20.3 Å². The van der Waals surface area contributed by atoms with Crippen LogP contribution in [-0.4, -0.2) is 36.6 Å². The van der Waals surface area contributed by atoms with Gasteiger partial charge >= 0.3 is 0 Å². The largest absolute Gasteiger partial charge is 0.489 e. The molecule has 0 amide bonds. The van der Waals surface area contributed by atoms with Crippen LogP contribution in [0.2, 0.25) is 0 Å². The Hall–Kier alpha value is -1.26. The molecule has 0 saturated heterocycles. The van der Waals surface area contributed by atoms with Crippen LogP contribution in [0.3, 0.4) is 0 Å². The zero-order valence-corrected chi connectivity index (χ0v) is 7.94. The summed E-state index contributed by atoms with van der Waals surface area (Å²) in [5.41, 5.74) is 0.829. The molecule has 0 aliphatic carbocycles. The van der Waals surface area contributed by atoms with E-state index in [0.29, 0.717) is 12.3 Å². The molecule has 14 heavy (non-hydrogen) atoms. The van der Waals surface area contributed by atoms with Gasteiger partial charge in [-0.3, -0.25) is 0 Å². The highest BCUT2D eigenvalue weighted by Crippen LogP contribution is 2.22. The number of aliphatic hydroxyl groups is 2. The van der Waals surface area contributed by atoms with Crippen molar-refractivity contribution >= 4 is 5.69 Å². The van der Waals surface area contributed by atoms with Crippen molar-refractivity contribution in [3.05, 3.63) is 24.3 Å². The number of hydrogen-bond acceptors (Lipinski definition) is 4. The summed E-state index contributed by atoms with van der Waals surface area (Å²) < 4.78 is 5.29. The van der Waals surface area contributed by atoms with E-state index >= 15 is 0 Å². The molecule has 0 aliphatic rings. The maximum absolute atomic E-state index is 8.65. The fraction of sp³-hybridized carbons (Fsp3) is 0.400. The lowest BCUT2D eigenvalue weighted by atomic mass is 10.3. The molecule has 0 aromatic heterocycles. The summed E-state index contributed by atoms with van der Waals surface area (Å²) in [7, 11) is 0. The van der Waals surface area contributed by atoms with E-state index in [4.69, 9.17) is 14.9 Å². The van der Waals surface area contributed by atoms with E-state index in [1.165, 1.54) is 0 Å². The van der Waals surface area contributed by atoms with E-state index in [9.17, 15) is 0 Å². The summed E-state index contributed by atoms with van der Waals surface area (Å²) in [4.78, 5) is 0. The molecular weight excluding hydrogens is 182 g/mol. The molecule has 0 spiro atoms. The third-order valence-corrected chi connectivity index (χ3v) is 1.66. The van der Waals surface area contributed by atoms with Crippen molar-refractivity contribution in [3.63, 3.8) is 0 Å². The van der Waals surface area contributed by atoms with Gasteiger partial charge in [0, 0.05) is 6.54 Å². The minimum absolute atomic E-state index is 0.00562. The minimum Gasteiger partial charge on any atom is -0.489 e. The monoisotopic (exact) mass is 197 g/mol. The Balaban J connectivity index is 2.60. The van der Waals surface area contributed by atoms with E-state index < -0.39 is 0 Å². The van der Waals surface area contributed by atoms with Gasteiger partial charge in [-0.05, 0) is 12.1 Å². The molecule has 0 radical (unpaired) electrons. The minimum atomic E-state index is -0.00562. The Kier molecular flexibility index (Phi) is 4.82. The second-order valence-electron chi connectivity index (χ2n) is 2.72. The first kappa shape index (κ1) is 10.8. The molecular formula is C10H15NO3. The van der Waals surface area contributed by atoms with Gasteiger partial charge in [-0.2, -0.15) is 0 Å². The zero-order valence-electron chi connectivity index (χ0n) is 7.94. The highest BCUT2D eigenvalue weighted by Gasteiger charge is 2.00. The highest BCUT2D eigenvalue weighted by atomic mass is 16.5. The molecule has 0 aliphatic heterocycles. The first-order valence-corrected chi connectivity index (χ1v) is 4.56. The summed E-state index contributed by atoms with van der Waals surface area (Å²) in [6, 6.07) is 7.42. The first-order valence-electron chi connectivity index (χ1n) is 4.56. The molecule has 1 aromatic rings. The average Bonchev–Trinajstić information content (AvgIpc) is 2.24. The maximum Gasteiger partial charge on any atom is 0.142 e. The molecule has 0 heterocycles. The SMILES string of the molecule is OCCNc1ccccc1OCCO. The maximum atomic E-state index is 8.65. The predicted octanol–water partition coefficient (Wildman–Crippen LogP) is 0.462. The Labute approximate surface area is 83.1 Å². The Morgan fingerprint density at radius 3 is 2.64 bits per heavy atom. The average molecular weight is 197 g/mol. The molecule has 3 N–H and O–H groups in total. The van der Waals surface area contributed by atoms with Gasteiger partial charge in [-0.1, -0.05) is 12.1 Å². The Bertz CT molecular complexity index is 238. The van der Waals surface area contributed by atoms with Crippen LogP contribution >= 0.6 is 0 Å². The topological polar surface area (TPSA) is 61.7 Å². The van der Waals surface area contributed by atoms with Crippen LogP contribution in [0.4, 0.5) is 5.69 Å². The van der Waals surface area contributed by atoms with Crippen molar-refractivity contribution in [1.29, 1.82) is 0 Å². The van der Waals surface area contributed by atoms with Crippen LogP contribution < -0.4 is 10.1 Å². The number of anilines is 1. The van der Waals surface area contributed by atoms with Gasteiger partial charge in [-0.25, -0.2) is 0 Å². The standard InChI is InChI=1S/C10H15NO3/c12-6-5-11-9-3-1-2-4-10(9)14-8-7-13/h1-4,11-13H,5-8H2. The molecule has 4 heteroatoms. The fourth-order valence-corrected chi connectivity index (χ4v) is 1.08. The Morgan fingerprint density at radius 1 is 1.14 bits per heavy atom. The number of para-hydroxylation sites is 2. The van der Waals surface area contributed by atoms with Gasteiger partial charge in [-0.15, -0.1) is 0 Å². The van der Waals surface area contributed by atoms with Crippen molar-refractivity contribution in [1.82, 2.24) is 0 Å². The van der Waals surface area contributed by atoms with E-state index in [-0.39, 0.29) is 19.8 Å². The molecule has 0 fully saturated rings. The number of ether oxygens (including phenoxy) is 1. The third-order valence-electron chi connectivity index (χ3n) is 1.66. The van der Waals surface area contributed by atoms with Crippen molar-refractivity contribution in [2.45, 2.75) is 0 Å². The van der Waals surface area contributed by atoms with Crippen LogP contribution in [0.25, 0.3) is 0 Å². The number of rotatable bonds is 6. The van der Waals surface area contributed by atoms with Crippen LogP contribution in [0.1, 0.15) is 0 Å². The quantitative estimate of drug-likeness (QED) is 0.620. The lowest BCUT2D eigenvalue weighted by Gasteiger charge is -2.11. The van der Waals surface area contributed by atoms with Crippen molar-refractivity contribution in [2.75, 3.05) is 31.7 Å². The molecule has 0 bridgehead atoms. The van der Waals surface area contributed by atoms with E-state index in [2.05, 4.69) is 5.32 Å². The second kappa shape index (κ2) is 6.23. The summed E-state index contributed by atoms with van der Waals surface area (Å²) >= 11 is 0. The lowest BCUT2D eigenvalue weighted by Crippen LogP contribution is -2.08. The molecule has 0 atom stereocenters. The Morgan fingerprint density at radius 2 is 1.93 bits per heavy atom. The van der Waals surface area contributed by atoms with Crippen molar-refractivity contribution in [3.8, 4) is 5.75 Å². The molecule has 78 valence electrons. The lowest BCUT2D eigenvalue weighted by molar-refractivity contribution is 0.202. The number of nitrogens with one attached hydrogen (secondary N) is 1. The van der Waals surface area contributed by atoms with Crippen molar-refractivity contribution in [2.24, 2.45) is 0 Å². The van der Waals surface area contributed by atoms with Gasteiger partial charge in [0.1, 0.15) is 12.4 Å². The van der Waals surface area contributed by atoms with Gasteiger partial charge in [0.25, 0.3) is 0 Å². The van der Waals surface area contributed by atoms with Crippen LogP contribution in [0.15, 0.2) is 24.3 Å². The fourth-order valence-electron chi connectivity index (χ4n) is 1.08. The van der Waals surface area contributed by atoms with Crippen LogP contribution in [0, 0.1) is 0 Å². The smallest absolute Gasteiger partial charge is 0.142 e. The van der Waals surface area contributed by atoms with Crippen LogP contribution in [-0.2, 0) is 0 Å². The van der Waals surface area contributed by atoms with Gasteiger partial charge in [0.15, 0.2) is 0 Å². The predicted molar refractivity (Wildman–Crippen MR) is 54.6 cm³/mol.